The number of thiazole rings is 1. The van der Waals surface area contributed by atoms with E-state index in [-0.39, 0.29) is 24.6 Å². The number of halogens is 2. The molecule has 2 aromatic carbocycles. The normalized spacial score (nSPS) is 16.9. The number of fused-ring (bicyclic) bond motifs is 1. The number of carbonyl (C=O) groups excluding carboxylic acids is 1. The second-order valence-electron chi connectivity index (χ2n) is 10.1. The number of nitrogens with zero attached hydrogens (tertiary/aromatic N) is 4. The number of hydrogen-bond acceptors (Lipinski definition) is 8. The molecule has 0 aliphatic carbocycles. The molecule has 0 unspecified atom stereocenters. The van der Waals surface area contributed by atoms with Crippen LogP contribution < -0.4 is 4.74 Å². The zero-order valence-corrected chi connectivity index (χ0v) is 24.4. The van der Waals surface area contributed by atoms with Crippen molar-refractivity contribution in [3.05, 3.63) is 105 Å². The van der Waals surface area contributed by atoms with Gasteiger partial charge >= 0.3 is 5.97 Å². The summed E-state index contributed by atoms with van der Waals surface area (Å²) in [5, 5.41) is 0.344. The molecule has 4 heterocycles. The van der Waals surface area contributed by atoms with Gasteiger partial charge in [0.2, 0.25) is 5.88 Å². The molecule has 0 radical (unpaired) electrons. The number of ether oxygens (including phenoxy) is 3. The fourth-order valence-corrected chi connectivity index (χ4v) is 5.90. The van der Waals surface area contributed by atoms with Crippen LogP contribution in [0.4, 0.5) is 4.39 Å². The number of hydrogen-bond donors (Lipinski definition) is 0. The van der Waals surface area contributed by atoms with Gasteiger partial charge in [-0.1, -0.05) is 23.7 Å². The van der Waals surface area contributed by atoms with E-state index >= 15 is 0 Å². The van der Waals surface area contributed by atoms with Gasteiger partial charge in [0, 0.05) is 45.8 Å². The van der Waals surface area contributed by atoms with E-state index in [0.717, 1.165) is 40.3 Å². The lowest BCUT2D eigenvalue weighted by atomic mass is 9.93. The molecule has 0 saturated carbocycles. The van der Waals surface area contributed by atoms with Crippen LogP contribution in [0.5, 0.6) is 5.88 Å². The number of aromatic nitrogens is 4. The van der Waals surface area contributed by atoms with E-state index in [1.165, 1.54) is 13.2 Å². The molecule has 1 saturated heterocycles. The molecule has 6 rings (SSSR count). The molecule has 0 bridgehead atoms. The third-order valence-corrected chi connectivity index (χ3v) is 8.38. The predicted octanol–water partition coefficient (Wildman–Crippen LogP) is 6.60. The maximum Gasteiger partial charge on any atom is 0.337 e. The lowest BCUT2D eigenvalue weighted by molar-refractivity contribution is 0.00214. The third-order valence-electron chi connectivity index (χ3n) is 7.38. The maximum absolute atomic E-state index is 14.1. The Bertz CT molecular complexity index is 1700. The Labute approximate surface area is 251 Å². The first-order chi connectivity index (χ1) is 20.5. The van der Waals surface area contributed by atoms with Gasteiger partial charge < -0.3 is 18.8 Å². The summed E-state index contributed by atoms with van der Waals surface area (Å²) >= 11 is 7.42. The second kappa shape index (κ2) is 12.6. The van der Waals surface area contributed by atoms with Crippen molar-refractivity contribution >= 4 is 39.9 Å². The molecule has 3 aromatic heterocycles. The molecule has 216 valence electrons. The molecule has 1 aliphatic rings. The van der Waals surface area contributed by atoms with Crippen LogP contribution in [0.2, 0.25) is 5.02 Å². The number of methoxy groups -OCH3 is 1. The van der Waals surface area contributed by atoms with Crippen LogP contribution in [0, 0.1) is 5.82 Å². The Balaban J connectivity index is 1.13. The molecule has 1 fully saturated rings. The standard InChI is InChI=1S/C31H28ClFN4O4S/c1-39-31(38)19-7-10-27-28(11-19)37(15-24-14-34-18-42-24)29(35-27)13-23-9-6-21(17-40-23)26-3-2-4-30(36-26)41-16-20-5-8-22(32)12-25(20)33/h2-5,7-8,10-12,14,18,21,23H,6,9,13,15-17H2,1H3/t21-,23+/m0/s1. The van der Waals surface area contributed by atoms with Gasteiger partial charge in [-0.05, 0) is 49.2 Å². The fourth-order valence-electron chi connectivity index (χ4n) is 5.16. The van der Waals surface area contributed by atoms with Crippen LogP contribution in [-0.4, -0.2) is 45.3 Å². The summed E-state index contributed by atoms with van der Waals surface area (Å²) in [7, 11) is 1.38. The van der Waals surface area contributed by atoms with Gasteiger partial charge in [-0.25, -0.2) is 19.2 Å². The summed E-state index contributed by atoms with van der Waals surface area (Å²) in [6.45, 7) is 1.19. The van der Waals surface area contributed by atoms with E-state index in [1.807, 2.05) is 36.0 Å². The van der Waals surface area contributed by atoms with Gasteiger partial charge in [-0.15, -0.1) is 11.3 Å². The first-order valence-corrected chi connectivity index (χ1v) is 14.8. The van der Waals surface area contributed by atoms with Gasteiger partial charge in [-0.2, -0.15) is 0 Å². The highest BCUT2D eigenvalue weighted by Gasteiger charge is 2.26. The average molecular weight is 607 g/mol. The van der Waals surface area contributed by atoms with Crippen LogP contribution in [0.3, 0.4) is 0 Å². The van der Waals surface area contributed by atoms with E-state index in [0.29, 0.717) is 41.6 Å². The molecule has 0 N–H and O–H groups in total. The molecule has 1 aliphatic heterocycles. The van der Waals surface area contributed by atoms with Crippen molar-refractivity contribution < 1.29 is 23.4 Å². The van der Waals surface area contributed by atoms with Crippen LogP contribution in [0.1, 0.15) is 51.1 Å². The monoisotopic (exact) mass is 606 g/mol. The minimum Gasteiger partial charge on any atom is -0.473 e. The van der Waals surface area contributed by atoms with Crippen LogP contribution in [0.15, 0.2) is 66.3 Å². The van der Waals surface area contributed by atoms with Gasteiger partial charge in [0.25, 0.3) is 0 Å². The van der Waals surface area contributed by atoms with E-state index in [4.69, 9.17) is 30.8 Å². The molecule has 11 heteroatoms. The van der Waals surface area contributed by atoms with Crippen LogP contribution in [0.25, 0.3) is 11.0 Å². The minimum atomic E-state index is -0.408. The Morgan fingerprint density at radius 2 is 2.07 bits per heavy atom. The van der Waals surface area contributed by atoms with Crippen molar-refractivity contribution in [3.63, 3.8) is 0 Å². The minimum absolute atomic E-state index is 0.00865. The number of esters is 1. The highest BCUT2D eigenvalue weighted by atomic mass is 35.5. The van der Waals surface area contributed by atoms with Crippen molar-refractivity contribution in [2.75, 3.05) is 13.7 Å². The lowest BCUT2D eigenvalue weighted by Gasteiger charge is -2.29. The molecular weight excluding hydrogens is 579 g/mol. The summed E-state index contributed by atoms with van der Waals surface area (Å²) in [5.41, 5.74) is 5.27. The number of imidazole rings is 1. The van der Waals surface area contributed by atoms with E-state index < -0.39 is 5.82 Å². The van der Waals surface area contributed by atoms with Crippen LogP contribution in [-0.2, 0) is 29.0 Å². The first-order valence-electron chi connectivity index (χ1n) is 13.6. The average Bonchev–Trinajstić information content (AvgIpc) is 3.64. The number of rotatable bonds is 9. The number of benzene rings is 2. The van der Waals surface area contributed by atoms with Gasteiger partial charge in [-0.3, -0.25) is 4.98 Å². The third kappa shape index (κ3) is 6.30. The Kier molecular flexibility index (Phi) is 8.46. The van der Waals surface area contributed by atoms with E-state index in [2.05, 4.69) is 14.5 Å². The Hall–Kier alpha value is -3.86. The topological polar surface area (TPSA) is 88.4 Å². The summed E-state index contributed by atoms with van der Waals surface area (Å²) in [4.78, 5) is 27.1. The van der Waals surface area contributed by atoms with Gasteiger partial charge in [0.15, 0.2) is 0 Å². The van der Waals surface area contributed by atoms with Crippen molar-refractivity contribution in [1.82, 2.24) is 19.5 Å². The smallest absolute Gasteiger partial charge is 0.337 e. The second-order valence-corrected chi connectivity index (χ2v) is 11.5. The maximum atomic E-state index is 14.1. The molecular formula is C31H28ClFN4O4S. The summed E-state index contributed by atoms with van der Waals surface area (Å²) in [6, 6.07) is 15.6. The fraction of sp³-hybridized carbons (Fsp3) is 0.290. The highest BCUT2D eigenvalue weighted by Crippen LogP contribution is 2.31. The Morgan fingerprint density at radius 3 is 2.83 bits per heavy atom. The molecule has 2 atom stereocenters. The largest absolute Gasteiger partial charge is 0.473 e. The molecule has 8 nitrogen and oxygen atoms in total. The molecule has 0 spiro atoms. The highest BCUT2D eigenvalue weighted by molar-refractivity contribution is 7.09. The summed E-state index contributed by atoms with van der Waals surface area (Å²) in [5.74, 6) is 0.662. The van der Waals surface area contributed by atoms with Gasteiger partial charge in [0.05, 0.1) is 48.5 Å². The quantitative estimate of drug-likeness (QED) is 0.175. The van der Waals surface area contributed by atoms with Crippen molar-refractivity contribution in [2.45, 2.75) is 44.4 Å². The van der Waals surface area contributed by atoms with Gasteiger partial charge in [0.1, 0.15) is 18.2 Å². The van der Waals surface area contributed by atoms with E-state index in [1.54, 1.807) is 35.6 Å². The Morgan fingerprint density at radius 1 is 1.17 bits per heavy atom. The zero-order valence-electron chi connectivity index (χ0n) is 22.8. The molecule has 0 amide bonds. The summed E-state index contributed by atoms with van der Waals surface area (Å²) in [6.07, 6.45) is 4.21. The number of pyridine rings is 1. The van der Waals surface area contributed by atoms with Crippen molar-refractivity contribution in [3.8, 4) is 5.88 Å². The number of carbonyl (C=O) groups is 1. The lowest BCUT2D eigenvalue weighted by Crippen LogP contribution is -2.28. The predicted molar refractivity (Wildman–Crippen MR) is 158 cm³/mol. The van der Waals surface area contributed by atoms with Crippen molar-refractivity contribution in [1.29, 1.82) is 0 Å². The SMILES string of the molecule is COC(=O)c1ccc2nc(C[C@H]3CC[C@H](c4cccc(OCc5ccc(Cl)cc5F)n4)CO3)n(Cc3cncs3)c2c1. The van der Waals surface area contributed by atoms with Crippen molar-refractivity contribution in [2.24, 2.45) is 0 Å². The summed E-state index contributed by atoms with van der Waals surface area (Å²) < 4.78 is 33.3. The molecule has 42 heavy (non-hydrogen) atoms. The zero-order chi connectivity index (χ0) is 29.1. The van der Waals surface area contributed by atoms with E-state index in [9.17, 15) is 9.18 Å². The first kappa shape index (κ1) is 28.3. The van der Waals surface area contributed by atoms with Crippen LogP contribution >= 0.6 is 22.9 Å². The molecule has 5 aromatic rings.